The van der Waals surface area contributed by atoms with Gasteiger partial charge in [-0.1, -0.05) is 72.7 Å². The fourth-order valence-electron chi connectivity index (χ4n) is 6.05. The van der Waals surface area contributed by atoms with E-state index in [0.717, 1.165) is 56.0 Å². The van der Waals surface area contributed by atoms with E-state index in [1.54, 1.807) is 30.3 Å². The zero-order valence-corrected chi connectivity index (χ0v) is 22.4. The summed E-state index contributed by atoms with van der Waals surface area (Å²) < 4.78 is 0. The molecule has 6 heteroatoms. The molecule has 0 saturated heterocycles. The molecule has 2 atom stereocenters. The number of fused-ring (bicyclic) bond motifs is 4. The predicted molar refractivity (Wildman–Crippen MR) is 157 cm³/mol. The van der Waals surface area contributed by atoms with Crippen molar-refractivity contribution in [1.82, 2.24) is 0 Å². The average molecular weight is 525 g/mol. The number of azide groups is 1. The number of amides is 1. The molecule has 0 saturated carbocycles. The quantitative estimate of drug-likeness (QED) is 0.144. The van der Waals surface area contributed by atoms with Gasteiger partial charge in [-0.25, -0.2) is 0 Å². The van der Waals surface area contributed by atoms with Crippen LogP contribution in [0.5, 0.6) is 0 Å². The Hall–Kier alpha value is -4.93. The van der Waals surface area contributed by atoms with Gasteiger partial charge in [0.25, 0.3) is 5.91 Å². The maximum atomic E-state index is 13.9. The minimum Gasteiger partial charge on any atom is -0.322 e. The number of benzene rings is 4. The lowest BCUT2D eigenvalue weighted by molar-refractivity contribution is 0.102. The van der Waals surface area contributed by atoms with Gasteiger partial charge in [-0.05, 0) is 99.1 Å². The largest absolute Gasteiger partial charge is 0.322 e. The number of carbonyl (C=O) groups excluding carboxylic acids is 2. The summed E-state index contributed by atoms with van der Waals surface area (Å²) in [6, 6.07) is 26.3. The maximum Gasteiger partial charge on any atom is 0.255 e. The van der Waals surface area contributed by atoms with E-state index in [2.05, 4.69) is 40.5 Å². The monoisotopic (exact) mass is 524 g/mol. The fourth-order valence-corrected chi connectivity index (χ4v) is 6.05. The summed E-state index contributed by atoms with van der Waals surface area (Å²) in [6.45, 7) is 4.00. The highest BCUT2D eigenvalue weighted by Crippen LogP contribution is 2.32. The van der Waals surface area contributed by atoms with Crippen LogP contribution in [-0.2, 0) is 6.42 Å². The minimum atomic E-state index is -0.425. The van der Waals surface area contributed by atoms with Gasteiger partial charge in [0.15, 0.2) is 5.78 Å². The van der Waals surface area contributed by atoms with E-state index >= 15 is 0 Å². The molecule has 4 aromatic carbocycles. The first kappa shape index (κ1) is 25.4. The number of ketones is 1. The van der Waals surface area contributed by atoms with Crippen LogP contribution < -0.4 is 15.8 Å². The maximum absolute atomic E-state index is 13.9. The Morgan fingerprint density at radius 3 is 2.40 bits per heavy atom. The Morgan fingerprint density at radius 1 is 0.900 bits per heavy atom. The second-order valence-corrected chi connectivity index (χ2v) is 10.5. The molecule has 4 aromatic rings. The molecule has 0 aromatic heterocycles. The Labute approximate surface area is 231 Å². The lowest BCUT2D eigenvalue weighted by atomic mass is 9.78. The van der Waals surface area contributed by atoms with Gasteiger partial charge in [0.1, 0.15) is 0 Å². The molecule has 0 spiro atoms. The predicted octanol–water partition coefficient (Wildman–Crippen LogP) is 6.30. The highest BCUT2D eigenvalue weighted by Gasteiger charge is 2.28. The first-order chi connectivity index (χ1) is 19.5. The molecule has 0 radical (unpaired) electrons. The fraction of sp³-hybridized carbons (Fsp3) is 0.176. The molecule has 6 rings (SSSR count). The molecular weight excluding hydrogens is 496 g/mol. The summed E-state index contributed by atoms with van der Waals surface area (Å²) in [5.41, 5.74) is 14.9. The van der Waals surface area contributed by atoms with Gasteiger partial charge in [0.05, 0.1) is 6.04 Å². The number of nitrogens with zero attached hydrogens (tertiary/aromatic N) is 3. The zero-order chi connectivity index (χ0) is 27.8. The number of hydrogen-bond donors (Lipinski definition) is 1. The van der Waals surface area contributed by atoms with Gasteiger partial charge in [0, 0.05) is 27.3 Å². The molecule has 1 N–H and O–H groups in total. The van der Waals surface area contributed by atoms with Crippen molar-refractivity contribution < 1.29 is 9.59 Å². The highest BCUT2D eigenvalue weighted by atomic mass is 16.1. The minimum absolute atomic E-state index is 0.0225. The van der Waals surface area contributed by atoms with E-state index in [9.17, 15) is 15.1 Å². The average Bonchev–Trinajstić information content (AvgIpc) is 2.97. The molecule has 2 unspecified atom stereocenters. The number of hydrogen-bond acceptors (Lipinski definition) is 3. The van der Waals surface area contributed by atoms with Crippen molar-refractivity contribution in [1.29, 1.82) is 0 Å². The normalized spacial score (nSPS) is 16.9. The third kappa shape index (κ3) is 4.39. The van der Waals surface area contributed by atoms with Crippen LogP contribution in [0.3, 0.4) is 0 Å². The number of nitrogens with one attached hydrogen (secondary N) is 1. The van der Waals surface area contributed by atoms with E-state index < -0.39 is 6.04 Å². The molecule has 40 heavy (non-hydrogen) atoms. The second kappa shape index (κ2) is 10.3. The van der Waals surface area contributed by atoms with Gasteiger partial charge in [-0.15, -0.1) is 0 Å². The molecule has 0 fully saturated rings. The van der Waals surface area contributed by atoms with Crippen LogP contribution in [0, 0.1) is 23.3 Å². The summed E-state index contributed by atoms with van der Waals surface area (Å²) in [5.74, 6) is -0.124. The molecule has 196 valence electrons. The Balaban J connectivity index is 1.42. The first-order valence-corrected chi connectivity index (χ1v) is 13.5. The van der Waals surface area contributed by atoms with Crippen molar-refractivity contribution >= 4 is 29.0 Å². The van der Waals surface area contributed by atoms with Crippen molar-refractivity contribution in [2.24, 2.45) is 11.0 Å². The molecular formula is C34H28N4O2. The van der Waals surface area contributed by atoms with E-state index in [-0.39, 0.29) is 17.6 Å². The van der Waals surface area contributed by atoms with Crippen LogP contribution in [0.25, 0.3) is 22.1 Å². The SMILES string of the molecule is Cc1ccccc1C(=O)Nc1ccc(C(=O)C2=c3ccc4c(c3CCC2C)C(N=[N+]=[N-])C=c2ccccc2=4)cc1. The van der Waals surface area contributed by atoms with Crippen molar-refractivity contribution in [3.8, 4) is 0 Å². The molecule has 1 amide bonds. The summed E-state index contributed by atoms with van der Waals surface area (Å²) in [7, 11) is 0. The summed E-state index contributed by atoms with van der Waals surface area (Å²) in [6.07, 6.45) is 3.66. The van der Waals surface area contributed by atoms with Crippen LogP contribution in [-0.4, -0.2) is 11.7 Å². The Morgan fingerprint density at radius 2 is 1.62 bits per heavy atom. The molecule has 2 aliphatic carbocycles. The van der Waals surface area contributed by atoms with Gasteiger partial charge < -0.3 is 5.32 Å². The third-order valence-corrected chi connectivity index (χ3v) is 8.07. The van der Waals surface area contributed by atoms with Gasteiger partial charge in [0.2, 0.25) is 0 Å². The van der Waals surface area contributed by atoms with Crippen LogP contribution in [0.1, 0.15) is 56.8 Å². The number of aryl methyl sites for hydroxylation is 1. The van der Waals surface area contributed by atoms with Crippen LogP contribution in [0.2, 0.25) is 0 Å². The van der Waals surface area contributed by atoms with E-state index in [1.807, 2.05) is 49.4 Å². The van der Waals surface area contributed by atoms with E-state index in [4.69, 9.17) is 0 Å². The summed E-state index contributed by atoms with van der Waals surface area (Å²) >= 11 is 0. The van der Waals surface area contributed by atoms with Gasteiger partial charge in [-0.2, -0.15) is 0 Å². The smallest absolute Gasteiger partial charge is 0.255 e. The molecule has 2 aliphatic rings. The Bertz CT molecular complexity index is 1950. The van der Waals surface area contributed by atoms with Crippen LogP contribution in [0.15, 0.2) is 90.0 Å². The number of Topliss-reactive ketones (excluding diaryl/α,β-unsaturated/α-hetero) is 1. The van der Waals surface area contributed by atoms with Gasteiger partial charge in [-0.3, -0.25) is 9.59 Å². The molecule has 0 aliphatic heterocycles. The van der Waals surface area contributed by atoms with Crippen molar-refractivity contribution in [3.63, 3.8) is 0 Å². The first-order valence-electron chi connectivity index (χ1n) is 13.5. The Kier molecular flexibility index (Phi) is 6.54. The lowest BCUT2D eigenvalue weighted by Crippen LogP contribution is -2.30. The number of anilines is 1. The van der Waals surface area contributed by atoms with Crippen molar-refractivity contribution in [3.05, 3.63) is 144 Å². The highest BCUT2D eigenvalue weighted by molar-refractivity contribution is 6.25. The number of carbonyl (C=O) groups is 2. The molecule has 6 nitrogen and oxygen atoms in total. The zero-order valence-electron chi connectivity index (χ0n) is 22.4. The third-order valence-electron chi connectivity index (χ3n) is 8.07. The molecule has 0 heterocycles. The van der Waals surface area contributed by atoms with Crippen LogP contribution in [0.4, 0.5) is 5.69 Å². The standard InChI is InChI=1S/C34H28N4O2/c1-20-7-3-5-9-25(20)34(40)36-24-14-12-22(13-15-24)33(39)31-21(2)11-16-29-28(31)18-17-27-26-10-6-4-8-23(26)19-30(32(27)29)37-38-35/h3-10,12-15,17-19,21,30H,11,16H2,1-2H3,(H,36,40). The van der Waals surface area contributed by atoms with Crippen molar-refractivity contribution in [2.45, 2.75) is 32.7 Å². The van der Waals surface area contributed by atoms with E-state index in [1.165, 1.54) is 0 Å². The molecule has 0 bridgehead atoms. The van der Waals surface area contributed by atoms with Crippen molar-refractivity contribution in [2.75, 3.05) is 5.32 Å². The van der Waals surface area contributed by atoms with Crippen LogP contribution >= 0.6 is 0 Å². The van der Waals surface area contributed by atoms with E-state index in [0.29, 0.717) is 16.8 Å². The lowest BCUT2D eigenvalue weighted by Gasteiger charge is -2.26. The summed E-state index contributed by atoms with van der Waals surface area (Å²) in [4.78, 5) is 29.8. The van der Waals surface area contributed by atoms with Gasteiger partial charge >= 0.3 is 0 Å². The topological polar surface area (TPSA) is 94.9 Å². The second-order valence-electron chi connectivity index (χ2n) is 10.5. The number of rotatable bonds is 5. The summed E-state index contributed by atoms with van der Waals surface area (Å²) in [5, 5.41) is 11.2.